The van der Waals surface area contributed by atoms with Gasteiger partial charge in [0, 0.05) is 24.4 Å². The smallest absolute Gasteiger partial charge is 0.335 e. The number of nitrogens with one attached hydrogen (secondary N) is 1. The average Bonchev–Trinajstić information content (AvgIpc) is 3.34. The summed E-state index contributed by atoms with van der Waals surface area (Å²) in [5.41, 5.74) is 0.732. The van der Waals surface area contributed by atoms with Crippen LogP contribution in [0.5, 0.6) is 28.9 Å². The summed E-state index contributed by atoms with van der Waals surface area (Å²) in [4.78, 5) is 33.9. The van der Waals surface area contributed by atoms with Crippen molar-refractivity contribution in [3.8, 4) is 34.6 Å². The first-order valence-electron chi connectivity index (χ1n) is 11.3. The summed E-state index contributed by atoms with van der Waals surface area (Å²) in [5.74, 6) is 1.82. The number of rotatable bonds is 6. The largest absolute Gasteiger partial charge is 0.497 e. The summed E-state index contributed by atoms with van der Waals surface area (Å²) in [6, 6.07) is 8.38. The van der Waals surface area contributed by atoms with Gasteiger partial charge in [0.25, 0.3) is 5.56 Å². The molecule has 11 nitrogen and oxygen atoms in total. The van der Waals surface area contributed by atoms with Crippen LogP contribution in [-0.4, -0.2) is 66.9 Å². The summed E-state index contributed by atoms with van der Waals surface area (Å²) in [5, 5.41) is 10.9. The Hall–Kier alpha value is -4.25. The molecule has 3 aromatic rings. The van der Waals surface area contributed by atoms with E-state index in [0.717, 1.165) is 28.7 Å². The SMILES string of the molecule is COc1cccc(-n2c(O)c(C=NC[C@@H]3c4c(cc5c(c4OC)OCO5)CCN3C)c(=O)[nH]c2=O)c1. The van der Waals surface area contributed by atoms with Crippen molar-refractivity contribution >= 4 is 6.21 Å². The lowest BCUT2D eigenvalue weighted by molar-refractivity contribution is 0.170. The third-order valence-corrected chi connectivity index (χ3v) is 6.48. The molecule has 0 spiro atoms. The molecule has 36 heavy (non-hydrogen) atoms. The summed E-state index contributed by atoms with van der Waals surface area (Å²) in [6.45, 7) is 1.21. The molecular formula is C25H26N4O7. The first-order chi connectivity index (χ1) is 17.4. The normalized spacial score (nSPS) is 16.8. The Bertz CT molecular complexity index is 1460. The number of likely N-dealkylation sites (N-methyl/N-ethyl adjacent to an activating group) is 1. The molecule has 0 amide bonds. The Balaban J connectivity index is 1.50. The summed E-state index contributed by atoms with van der Waals surface area (Å²) in [6.07, 6.45) is 2.09. The fourth-order valence-corrected chi connectivity index (χ4v) is 4.64. The van der Waals surface area contributed by atoms with E-state index < -0.39 is 17.1 Å². The highest BCUT2D eigenvalue weighted by Crippen LogP contribution is 2.49. The van der Waals surface area contributed by atoms with E-state index in [9.17, 15) is 14.7 Å². The molecule has 2 aliphatic heterocycles. The molecule has 1 aromatic heterocycles. The van der Waals surface area contributed by atoms with Gasteiger partial charge in [-0.3, -0.25) is 19.7 Å². The number of aromatic amines is 1. The zero-order valence-corrected chi connectivity index (χ0v) is 20.1. The van der Waals surface area contributed by atoms with Gasteiger partial charge >= 0.3 is 5.69 Å². The van der Waals surface area contributed by atoms with Crippen molar-refractivity contribution in [1.29, 1.82) is 0 Å². The first kappa shape index (κ1) is 23.5. The molecule has 1 atom stereocenters. The van der Waals surface area contributed by atoms with Crippen LogP contribution in [0.4, 0.5) is 0 Å². The molecule has 2 aliphatic rings. The number of hydrogen-bond acceptors (Lipinski definition) is 9. The quantitative estimate of drug-likeness (QED) is 0.495. The molecule has 0 saturated heterocycles. The van der Waals surface area contributed by atoms with Gasteiger partial charge in [0.05, 0.1) is 32.5 Å². The summed E-state index contributed by atoms with van der Waals surface area (Å²) >= 11 is 0. The number of aliphatic imine (C=N–C) groups is 1. The van der Waals surface area contributed by atoms with E-state index >= 15 is 0 Å². The zero-order chi connectivity index (χ0) is 25.4. The lowest BCUT2D eigenvalue weighted by Crippen LogP contribution is -2.34. The highest BCUT2D eigenvalue weighted by Gasteiger charge is 2.33. The van der Waals surface area contributed by atoms with Gasteiger partial charge in [0.15, 0.2) is 11.5 Å². The number of benzene rings is 2. The first-order valence-corrected chi connectivity index (χ1v) is 11.3. The lowest BCUT2D eigenvalue weighted by atomic mass is 9.91. The minimum Gasteiger partial charge on any atom is -0.497 e. The second-order valence-electron chi connectivity index (χ2n) is 8.49. The van der Waals surface area contributed by atoms with Crippen molar-refractivity contribution in [2.75, 3.05) is 41.1 Å². The number of methoxy groups -OCH3 is 2. The number of nitrogens with zero attached hydrogens (tertiary/aromatic N) is 3. The second kappa shape index (κ2) is 9.42. The zero-order valence-electron chi connectivity index (χ0n) is 20.1. The minimum absolute atomic E-state index is 0.131. The Kier molecular flexibility index (Phi) is 6.15. The monoisotopic (exact) mass is 494 g/mol. The van der Waals surface area contributed by atoms with Crippen LogP contribution in [0.3, 0.4) is 0 Å². The fourth-order valence-electron chi connectivity index (χ4n) is 4.64. The second-order valence-corrected chi connectivity index (χ2v) is 8.49. The van der Waals surface area contributed by atoms with Crippen molar-refractivity contribution in [3.63, 3.8) is 0 Å². The van der Waals surface area contributed by atoms with E-state index in [1.165, 1.54) is 13.3 Å². The Morgan fingerprint density at radius 2 is 2.06 bits per heavy atom. The van der Waals surface area contributed by atoms with E-state index in [2.05, 4.69) is 14.9 Å². The van der Waals surface area contributed by atoms with E-state index in [0.29, 0.717) is 28.7 Å². The van der Waals surface area contributed by atoms with E-state index in [4.69, 9.17) is 18.9 Å². The minimum atomic E-state index is -0.773. The predicted molar refractivity (Wildman–Crippen MR) is 132 cm³/mol. The standard InChI is InChI=1S/C25H26N4O7/c1-28-8-7-14-9-19-21(36-13-35-19)22(34-3)20(14)18(28)12-26-11-17-23(30)27-25(32)29(24(17)31)15-5-4-6-16(10-15)33-2/h4-6,9-11,18,31H,7-8,12-13H2,1-3H3,(H,27,30,32)/t18-/m1/s1. The summed E-state index contributed by atoms with van der Waals surface area (Å²) < 4.78 is 23.1. The number of hydrogen-bond donors (Lipinski definition) is 2. The molecule has 0 aliphatic carbocycles. The third-order valence-electron chi connectivity index (χ3n) is 6.48. The fraction of sp³-hybridized carbons (Fsp3) is 0.320. The summed E-state index contributed by atoms with van der Waals surface area (Å²) in [7, 11) is 5.07. The highest BCUT2D eigenvalue weighted by atomic mass is 16.7. The molecule has 5 rings (SSSR count). The topological polar surface area (TPSA) is 128 Å². The van der Waals surface area contributed by atoms with E-state index in [-0.39, 0.29) is 24.9 Å². The molecule has 2 N–H and O–H groups in total. The van der Waals surface area contributed by atoms with Gasteiger partial charge in [-0.1, -0.05) is 6.07 Å². The highest BCUT2D eigenvalue weighted by molar-refractivity contribution is 5.82. The van der Waals surface area contributed by atoms with Gasteiger partial charge in [-0.05, 0) is 37.2 Å². The molecule has 0 bridgehead atoms. The molecule has 0 unspecified atom stereocenters. The average molecular weight is 495 g/mol. The van der Waals surface area contributed by atoms with E-state index in [1.807, 2.05) is 13.1 Å². The van der Waals surface area contributed by atoms with Crippen LogP contribution in [0.15, 0.2) is 44.9 Å². The molecule has 188 valence electrons. The maximum absolute atomic E-state index is 12.5. The van der Waals surface area contributed by atoms with Crippen LogP contribution in [-0.2, 0) is 6.42 Å². The van der Waals surface area contributed by atoms with Crippen molar-refractivity contribution in [2.24, 2.45) is 4.99 Å². The molecule has 0 saturated carbocycles. The van der Waals surface area contributed by atoms with Gasteiger partial charge in [-0.15, -0.1) is 0 Å². The number of H-pyrrole nitrogens is 1. The van der Waals surface area contributed by atoms with Gasteiger partial charge in [0.1, 0.15) is 11.3 Å². The van der Waals surface area contributed by atoms with Crippen LogP contribution in [0.25, 0.3) is 5.69 Å². The Morgan fingerprint density at radius 1 is 1.22 bits per heavy atom. The van der Waals surface area contributed by atoms with Crippen LogP contribution in [0.2, 0.25) is 0 Å². The predicted octanol–water partition coefficient (Wildman–Crippen LogP) is 1.63. The lowest BCUT2D eigenvalue weighted by Gasteiger charge is -2.35. The number of aromatic hydroxyl groups is 1. The van der Waals surface area contributed by atoms with Crippen LogP contribution in [0.1, 0.15) is 22.7 Å². The van der Waals surface area contributed by atoms with Crippen LogP contribution >= 0.6 is 0 Å². The maximum Gasteiger partial charge on any atom is 0.335 e. The van der Waals surface area contributed by atoms with Crippen LogP contribution in [0, 0.1) is 0 Å². The van der Waals surface area contributed by atoms with Crippen molar-refractivity contribution in [3.05, 3.63) is 67.9 Å². The Morgan fingerprint density at radius 3 is 2.83 bits per heavy atom. The van der Waals surface area contributed by atoms with Crippen molar-refractivity contribution < 1.29 is 24.1 Å². The molecule has 3 heterocycles. The van der Waals surface area contributed by atoms with Crippen LogP contribution < -0.4 is 30.2 Å². The third kappa shape index (κ3) is 3.97. The molecule has 2 aromatic carbocycles. The van der Waals surface area contributed by atoms with Gasteiger partial charge < -0.3 is 24.1 Å². The van der Waals surface area contributed by atoms with Crippen molar-refractivity contribution in [1.82, 2.24) is 14.5 Å². The molecule has 11 heteroatoms. The number of fused-ring (bicyclic) bond motifs is 2. The van der Waals surface area contributed by atoms with E-state index in [1.54, 1.807) is 31.4 Å². The van der Waals surface area contributed by atoms with Gasteiger partial charge in [-0.25, -0.2) is 9.36 Å². The Labute approximate surface area is 206 Å². The molecule has 0 radical (unpaired) electrons. The van der Waals surface area contributed by atoms with Gasteiger partial charge in [0.2, 0.25) is 18.4 Å². The molecular weight excluding hydrogens is 468 g/mol. The molecule has 0 fully saturated rings. The number of aromatic nitrogens is 2. The van der Waals surface area contributed by atoms with Gasteiger partial charge in [-0.2, -0.15) is 0 Å². The maximum atomic E-state index is 12.5. The number of ether oxygens (including phenoxy) is 4. The van der Waals surface area contributed by atoms with Crippen molar-refractivity contribution in [2.45, 2.75) is 12.5 Å².